The number of carbonyl (C=O) groups is 3. The molecule has 146 valence electrons. The van der Waals surface area contributed by atoms with Crippen molar-refractivity contribution in [2.45, 2.75) is 45.4 Å². The van der Waals surface area contributed by atoms with E-state index in [2.05, 4.69) is 10.1 Å². The maximum absolute atomic E-state index is 12.5. The van der Waals surface area contributed by atoms with Crippen LogP contribution in [0.25, 0.3) is 0 Å². The van der Waals surface area contributed by atoms with Crippen LogP contribution in [0.1, 0.15) is 32.8 Å². The topological polar surface area (TPSA) is 115 Å². The van der Waals surface area contributed by atoms with Crippen LogP contribution in [0.5, 0.6) is 0 Å². The highest BCUT2D eigenvalue weighted by Crippen LogP contribution is 2.17. The van der Waals surface area contributed by atoms with E-state index in [1.165, 1.54) is 0 Å². The van der Waals surface area contributed by atoms with Gasteiger partial charge in [-0.25, -0.2) is 9.59 Å². The number of hydrogen-bond donors (Lipinski definition) is 1. The first-order valence-corrected chi connectivity index (χ1v) is 8.32. The Bertz CT molecular complexity index is 690. The summed E-state index contributed by atoms with van der Waals surface area (Å²) in [5, 5.41) is 11.3. The first-order valence-electron chi connectivity index (χ1n) is 8.32. The zero-order chi connectivity index (χ0) is 20.4. The molecule has 1 rings (SSSR count). The SMILES string of the molecule is COC(=O)[C@H](CC#N)[C@H](NC(=O)OCc1ccccc1)C(=O)OC(C)(C)C. The summed E-state index contributed by atoms with van der Waals surface area (Å²) < 4.78 is 15.0. The monoisotopic (exact) mass is 376 g/mol. The molecular weight excluding hydrogens is 352 g/mol. The number of carbonyl (C=O) groups excluding carboxylic acids is 3. The van der Waals surface area contributed by atoms with Crippen LogP contribution in [0.4, 0.5) is 4.79 Å². The van der Waals surface area contributed by atoms with E-state index in [0.717, 1.165) is 12.7 Å². The summed E-state index contributed by atoms with van der Waals surface area (Å²) in [5.41, 5.74) is -0.0962. The lowest BCUT2D eigenvalue weighted by molar-refractivity contribution is -0.163. The van der Waals surface area contributed by atoms with Gasteiger partial charge in [-0.3, -0.25) is 4.79 Å². The van der Waals surface area contributed by atoms with Gasteiger partial charge in [-0.1, -0.05) is 30.3 Å². The fourth-order valence-corrected chi connectivity index (χ4v) is 2.17. The Morgan fingerprint density at radius 3 is 2.30 bits per heavy atom. The van der Waals surface area contributed by atoms with Crippen molar-refractivity contribution in [1.82, 2.24) is 5.32 Å². The van der Waals surface area contributed by atoms with Crippen LogP contribution < -0.4 is 5.32 Å². The fraction of sp³-hybridized carbons (Fsp3) is 0.474. The molecule has 0 radical (unpaired) electrons. The summed E-state index contributed by atoms with van der Waals surface area (Å²) in [6.45, 7) is 4.92. The van der Waals surface area contributed by atoms with E-state index in [-0.39, 0.29) is 13.0 Å². The number of methoxy groups -OCH3 is 1. The third kappa shape index (κ3) is 7.77. The summed E-state index contributed by atoms with van der Waals surface area (Å²) in [5.74, 6) is -2.89. The van der Waals surface area contributed by atoms with Gasteiger partial charge in [0.15, 0.2) is 0 Å². The van der Waals surface area contributed by atoms with E-state index in [1.807, 2.05) is 12.1 Å². The molecule has 1 aromatic carbocycles. The van der Waals surface area contributed by atoms with Crippen molar-refractivity contribution in [3.05, 3.63) is 35.9 Å². The number of amides is 1. The van der Waals surface area contributed by atoms with Crippen LogP contribution in [0.3, 0.4) is 0 Å². The van der Waals surface area contributed by atoms with Gasteiger partial charge in [-0.05, 0) is 26.3 Å². The van der Waals surface area contributed by atoms with Gasteiger partial charge >= 0.3 is 18.0 Å². The lowest BCUT2D eigenvalue weighted by Gasteiger charge is -2.27. The van der Waals surface area contributed by atoms with Crippen molar-refractivity contribution in [2.24, 2.45) is 5.92 Å². The quantitative estimate of drug-likeness (QED) is 0.573. The van der Waals surface area contributed by atoms with Crippen LogP contribution >= 0.6 is 0 Å². The lowest BCUT2D eigenvalue weighted by Crippen LogP contribution is -2.51. The summed E-state index contributed by atoms with van der Waals surface area (Å²) in [7, 11) is 1.13. The molecule has 0 unspecified atom stereocenters. The number of esters is 2. The van der Waals surface area contributed by atoms with E-state index < -0.39 is 35.6 Å². The molecule has 0 aromatic heterocycles. The molecule has 0 spiro atoms. The Kier molecular flexibility index (Phi) is 8.27. The standard InChI is InChI=1S/C19H24N2O6/c1-19(2,3)27-17(23)15(14(10-11-20)16(22)25-4)21-18(24)26-12-13-8-6-5-7-9-13/h5-9,14-15H,10,12H2,1-4H3,(H,21,24)/t14-,15+/m1/s1. The van der Waals surface area contributed by atoms with Gasteiger partial charge in [0.1, 0.15) is 24.2 Å². The average Bonchev–Trinajstić information content (AvgIpc) is 2.61. The van der Waals surface area contributed by atoms with E-state index in [4.69, 9.17) is 14.7 Å². The van der Waals surface area contributed by atoms with Crippen molar-refractivity contribution in [1.29, 1.82) is 5.26 Å². The molecule has 0 bridgehead atoms. The minimum absolute atomic E-state index is 0.0190. The number of nitriles is 1. The molecule has 0 aliphatic heterocycles. The number of hydrogen-bond acceptors (Lipinski definition) is 7. The first kappa shape index (κ1) is 22.0. The van der Waals surface area contributed by atoms with Crippen molar-refractivity contribution in [3.63, 3.8) is 0 Å². The normalized spacial score (nSPS) is 12.9. The summed E-state index contributed by atoms with van der Waals surface area (Å²) in [4.78, 5) is 36.6. The summed E-state index contributed by atoms with van der Waals surface area (Å²) in [6, 6.07) is 9.34. The maximum atomic E-state index is 12.5. The molecule has 27 heavy (non-hydrogen) atoms. The Hall–Kier alpha value is -3.08. The Morgan fingerprint density at radius 1 is 1.15 bits per heavy atom. The molecule has 0 saturated heterocycles. The molecular formula is C19H24N2O6. The zero-order valence-corrected chi connectivity index (χ0v) is 15.9. The van der Waals surface area contributed by atoms with E-state index in [1.54, 1.807) is 45.0 Å². The third-order valence-electron chi connectivity index (χ3n) is 3.36. The second kappa shape index (κ2) is 10.2. The van der Waals surface area contributed by atoms with Gasteiger partial charge in [0.2, 0.25) is 0 Å². The van der Waals surface area contributed by atoms with Crippen LogP contribution in [0, 0.1) is 17.2 Å². The van der Waals surface area contributed by atoms with Crippen LogP contribution in [0.15, 0.2) is 30.3 Å². The number of rotatable bonds is 7. The molecule has 0 aliphatic rings. The van der Waals surface area contributed by atoms with E-state index >= 15 is 0 Å². The highest BCUT2D eigenvalue weighted by Gasteiger charge is 2.39. The summed E-state index contributed by atoms with van der Waals surface area (Å²) >= 11 is 0. The predicted molar refractivity (Wildman–Crippen MR) is 95.1 cm³/mol. The van der Waals surface area contributed by atoms with Crippen LogP contribution in [0.2, 0.25) is 0 Å². The van der Waals surface area contributed by atoms with Gasteiger partial charge in [0, 0.05) is 0 Å². The second-order valence-electron chi connectivity index (χ2n) is 6.71. The molecule has 8 nitrogen and oxygen atoms in total. The third-order valence-corrected chi connectivity index (χ3v) is 3.36. The maximum Gasteiger partial charge on any atom is 0.408 e. The number of nitrogens with one attached hydrogen (secondary N) is 1. The van der Waals surface area contributed by atoms with Crippen molar-refractivity contribution >= 4 is 18.0 Å². The molecule has 0 saturated carbocycles. The smallest absolute Gasteiger partial charge is 0.408 e. The van der Waals surface area contributed by atoms with Gasteiger partial charge in [0.25, 0.3) is 0 Å². The Morgan fingerprint density at radius 2 is 1.78 bits per heavy atom. The van der Waals surface area contributed by atoms with Crippen LogP contribution in [-0.4, -0.2) is 36.8 Å². The molecule has 0 fully saturated rings. The number of ether oxygens (including phenoxy) is 3. The molecule has 1 aromatic rings. The van der Waals surface area contributed by atoms with Gasteiger partial charge in [0.05, 0.1) is 19.6 Å². The second-order valence-corrected chi connectivity index (χ2v) is 6.71. The lowest BCUT2D eigenvalue weighted by atomic mass is 9.96. The Labute approximate surface area is 158 Å². The molecule has 1 amide bonds. The molecule has 8 heteroatoms. The number of alkyl carbamates (subject to hydrolysis) is 1. The average molecular weight is 376 g/mol. The molecule has 1 N–H and O–H groups in total. The fourth-order valence-electron chi connectivity index (χ4n) is 2.17. The highest BCUT2D eigenvalue weighted by atomic mass is 16.6. The first-order chi connectivity index (χ1) is 12.7. The Balaban J connectivity index is 2.91. The number of benzene rings is 1. The predicted octanol–water partition coefficient (Wildman–Crippen LogP) is 2.33. The molecule has 0 heterocycles. The van der Waals surface area contributed by atoms with E-state index in [0.29, 0.717) is 0 Å². The van der Waals surface area contributed by atoms with Gasteiger partial charge < -0.3 is 19.5 Å². The van der Waals surface area contributed by atoms with Gasteiger partial charge in [-0.15, -0.1) is 0 Å². The zero-order valence-electron chi connectivity index (χ0n) is 15.9. The molecule has 2 atom stereocenters. The minimum atomic E-state index is -1.42. The van der Waals surface area contributed by atoms with Crippen molar-refractivity contribution in [2.75, 3.05) is 7.11 Å². The number of nitrogens with zero attached hydrogens (tertiary/aromatic N) is 1. The minimum Gasteiger partial charge on any atom is -0.469 e. The van der Waals surface area contributed by atoms with E-state index in [9.17, 15) is 14.4 Å². The van der Waals surface area contributed by atoms with Gasteiger partial charge in [-0.2, -0.15) is 5.26 Å². The highest BCUT2D eigenvalue weighted by molar-refractivity contribution is 5.88. The molecule has 0 aliphatic carbocycles. The summed E-state index contributed by atoms with van der Waals surface area (Å²) in [6.07, 6.45) is -1.25. The van der Waals surface area contributed by atoms with Crippen molar-refractivity contribution < 1.29 is 28.6 Å². The van der Waals surface area contributed by atoms with Crippen LogP contribution in [-0.2, 0) is 30.4 Å². The largest absolute Gasteiger partial charge is 0.469 e. The van der Waals surface area contributed by atoms with Crippen molar-refractivity contribution in [3.8, 4) is 6.07 Å².